The van der Waals surface area contributed by atoms with Crippen molar-refractivity contribution < 1.29 is 22.7 Å². The number of aliphatic hydroxyl groups excluding tert-OH is 1. The molecule has 0 aromatic heterocycles. The van der Waals surface area contributed by atoms with Gasteiger partial charge in [-0.25, -0.2) is 17.6 Å². The van der Waals surface area contributed by atoms with Gasteiger partial charge in [-0.1, -0.05) is 22.0 Å². The zero-order chi connectivity index (χ0) is 15.6. The van der Waals surface area contributed by atoms with Crippen molar-refractivity contribution in [3.8, 4) is 0 Å². The Labute approximate surface area is 126 Å². The minimum Gasteiger partial charge on any atom is -0.387 e. The van der Waals surface area contributed by atoms with Gasteiger partial charge in [-0.2, -0.15) is 0 Å². The van der Waals surface area contributed by atoms with Crippen LogP contribution in [0.1, 0.15) is 11.7 Å². The molecule has 21 heavy (non-hydrogen) atoms. The van der Waals surface area contributed by atoms with Crippen LogP contribution in [-0.2, 0) is 0 Å². The van der Waals surface area contributed by atoms with Crippen molar-refractivity contribution in [1.29, 1.82) is 0 Å². The van der Waals surface area contributed by atoms with E-state index in [1.165, 1.54) is 6.07 Å². The molecule has 2 N–H and O–H groups in total. The molecule has 0 aliphatic heterocycles. The summed E-state index contributed by atoms with van der Waals surface area (Å²) in [6.07, 6.45) is -1.25. The van der Waals surface area contributed by atoms with Crippen LogP contribution in [0.4, 0.5) is 23.2 Å². The average molecular weight is 364 g/mol. The van der Waals surface area contributed by atoms with Gasteiger partial charge >= 0.3 is 0 Å². The van der Waals surface area contributed by atoms with Crippen molar-refractivity contribution in [2.45, 2.75) is 6.10 Å². The Balaban J connectivity index is 2.11. The highest BCUT2D eigenvalue weighted by Gasteiger charge is 2.14. The van der Waals surface area contributed by atoms with E-state index in [2.05, 4.69) is 21.2 Å². The number of anilines is 1. The van der Waals surface area contributed by atoms with Crippen molar-refractivity contribution in [2.24, 2.45) is 0 Å². The largest absolute Gasteiger partial charge is 0.387 e. The average Bonchev–Trinajstić information content (AvgIpc) is 2.40. The molecule has 0 spiro atoms. The fourth-order valence-corrected chi connectivity index (χ4v) is 2.15. The highest BCUT2D eigenvalue weighted by molar-refractivity contribution is 9.10. The van der Waals surface area contributed by atoms with Crippen molar-refractivity contribution in [3.63, 3.8) is 0 Å². The lowest BCUT2D eigenvalue weighted by molar-refractivity contribution is 0.190. The predicted molar refractivity (Wildman–Crippen MR) is 73.9 cm³/mol. The van der Waals surface area contributed by atoms with Crippen LogP contribution in [0.25, 0.3) is 0 Å². The number of rotatable bonds is 4. The van der Waals surface area contributed by atoms with Crippen molar-refractivity contribution in [2.75, 3.05) is 11.9 Å². The Hall–Kier alpha value is -1.60. The summed E-state index contributed by atoms with van der Waals surface area (Å²) < 4.78 is 53.2. The van der Waals surface area contributed by atoms with Gasteiger partial charge in [0, 0.05) is 11.0 Å². The molecule has 0 radical (unpaired) electrons. The fourth-order valence-electron chi connectivity index (χ4n) is 1.75. The Morgan fingerprint density at radius 2 is 1.57 bits per heavy atom. The summed E-state index contributed by atoms with van der Waals surface area (Å²) in [6.45, 7) is -0.263. The smallest absolute Gasteiger partial charge is 0.159 e. The summed E-state index contributed by atoms with van der Waals surface area (Å²) in [6, 6.07) is 5.02. The first-order chi connectivity index (χ1) is 9.88. The first-order valence-electron chi connectivity index (χ1n) is 5.90. The molecule has 0 heterocycles. The minimum atomic E-state index is -1.25. The molecule has 0 saturated carbocycles. The number of hydrogen-bond acceptors (Lipinski definition) is 2. The quantitative estimate of drug-likeness (QED) is 0.799. The lowest BCUT2D eigenvalue weighted by Crippen LogP contribution is -2.14. The van der Waals surface area contributed by atoms with E-state index in [1.807, 2.05) is 0 Å². The zero-order valence-corrected chi connectivity index (χ0v) is 12.1. The van der Waals surface area contributed by atoms with Crippen molar-refractivity contribution >= 4 is 21.6 Å². The Morgan fingerprint density at radius 3 is 2.14 bits per heavy atom. The number of benzene rings is 2. The third-order valence-corrected chi connectivity index (χ3v) is 3.27. The van der Waals surface area contributed by atoms with Crippen LogP contribution in [0.2, 0.25) is 0 Å². The van der Waals surface area contributed by atoms with E-state index in [4.69, 9.17) is 0 Å². The number of hydrogen-bond donors (Lipinski definition) is 2. The van der Waals surface area contributed by atoms with Gasteiger partial charge in [0.25, 0.3) is 0 Å². The first-order valence-corrected chi connectivity index (χ1v) is 6.69. The second-order valence-electron chi connectivity index (χ2n) is 4.31. The highest BCUT2D eigenvalue weighted by Crippen LogP contribution is 2.25. The number of aliphatic hydroxyl groups is 1. The Kier molecular flexibility index (Phi) is 4.84. The lowest BCUT2D eigenvalue weighted by atomic mass is 10.1. The van der Waals surface area contributed by atoms with Gasteiger partial charge in [0.1, 0.15) is 17.3 Å². The van der Waals surface area contributed by atoms with E-state index in [1.54, 1.807) is 0 Å². The molecule has 0 aliphatic carbocycles. The van der Waals surface area contributed by atoms with Gasteiger partial charge in [-0.15, -0.1) is 0 Å². The number of nitrogens with one attached hydrogen (secondary N) is 1. The third-order valence-electron chi connectivity index (χ3n) is 2.81. The topological polar surface area (TPSA) is 32.3 Å². The SMILES string of the molecule is OC(CNc1c(F)cc(Br)cc1F)c1ccc(F)c(F)c1. The van der Waals surface area contributed by atoms with E-state index in [-0.39, 0.29) is 16.6 Å². The molecule has 0 bridgehead atoms. The van der Waals surface area contributed by atoms with Crippen molar-refractivity contribution in [1.82, 2.24) is 0 Å². The van der Waals surface area contributed by atoms with Crippen LogP contribution in [0.3, 0.4) is 0 Å². The summed E-state index contributed by atoms with van der Waals surface area (Å²) in [4.78, 5) is 0. The molecule has 2 aromatic rings. The van der Waals surface area contributed by atoms with E-state index in [9.17, 15) is 22.7 Å². The van der Waals surface area contributed by atoms with E-state index in [0.29, 0.717) is 0 Å². The maximum Gasteiger partial charge on any atom is 0.159 e. The highest BCUT2D eigenvalue weighted by atomic mass is 79.9. The van der Waals surface area contributed by atoms with Gasteiger partial charge in [0.05, 0.1) is 6.10 Å². The Morgan fingerprint density at radius 1 is 0.952 bits per heavy atom. The van der Waals surface area contributed by atoms with Crippen LogP contribution in [0, 0.1) is 23.3 Å². The van der Waals surface area contributed by atoms with Crippen LogP contribution >= 0.6 is 15.9 Å². The molecule has 7 heteroatoms. The molecule has 1 atom stereocenters. The van der Waals surface area contributed by atoms with E-state index < -0.39 is 35.1 Å². The van der Waals surface area contributed by atoms with Gasteiger partial charge in [-0.3, -0.25) is 0 Å². The van der Waals surface area contributed by atoms with Crippen LogP contribution in [0.15, 0.2) is 34.8 Å². The molecule has 0 amide bonds. The maximum absolute atomic E-state index is 13.6. The maximum atomic E-state index is 13.6. The molecule has 0 aliphatic rings. The molecule has 1 unspecified atom stereocenters. The first kappa shape index (κ1) is 15.8. The van der Waals surface area contributed by atoms with Crippen LogP contribution in [-0.4, -0.2) is 11.7 Å². The Bertz CT molecular complexity index is 642. The summed E-state index contributed by atoms with van der Waals surface area (Å²) in [7, 11) is 0. The van der Waals surface area contributed by atoms with E-state index in [0.717, 1.165) is 24.3 Å². The van der Waals surface area contributed by atoms with Gasteiger partial charge < -0.3 is 10.4 Å². The lowest BCUT2D eigenvalue weighted by Gasteiger charge is -2.14. The van der Waals surface area contributed by atoms with Gasteiger partial charge in [-0.05, 0) is 29.8 Å². The predicted octanol–water partition coefficient (Wildman–Crippen LogP) is 4.15. The molecule has 2 aromatic carbocycles. The van der Waals surface area contributed by atoms with Crippen LogP contribution in [0.5, 0.6) is 0 Å². The molecule has 0 saturated heterocycles. The van der Waals surface area contributed by atoms with Gasteiger partial charge in [0.2, 0.25) is 0 Å². The molecular formula is C14H10BrF4NO. The fraction of sp³-hybridized carbons (Fsp3) is 0.143. The molecule has 2 nitrogen and oxygen atoms in total. The third kappa shape index (κ3) is 3.74. The molecule has 2 rings (SSSR count). The second kappa shape index (κ2) is 6.44. The summed E-state index contributed by atoms with van der Waals surface area (Å²) in [5, 5.41) is 12.2. The molecule has 112 valence electrons. The summed E-state index contributed by atoms with van der Waals surface area (Å²) >= 11 is 2.94. The van der Waals surface area contributed by atoms with E-state index >= 15 is 0 Å². The van der Waals surface area contributed by atoms with Crippen molar-refractivity contribution in [3.05, 3.63) is 63.6 Å². The summed E-state index contributed by atoms with van der Waals surface area (Å²) in [5.74, 6) is -3.81. The van der Waals surface area contributed by atoms with Crippen LogP contribution < -0.4 is 5.32 Å². The minimum absolute atomic E-state index is 0.0966. The standard InChI is InChI=1S/C14H10BrF4NO/c15-8-4-11(18)14(12(19)5-8)20-6-13(21)7-1-2-9(16)10(17)3-7/h1-5,13,20-21H,6H2. The normalized spacial score (nSPS) is 12.3. The number of halogens is 5. The molecular weight excluding hydrogens is 354 g/mol. The zero-order valence-electron chi connectivity index (χ0n) is 10.5. The monoisotopic (exact) mass is 363 g/mol. The molecule has 0 fully saturated rings. The van der Waals surface area contributed by atoms with Gasteiger partial charge in [0.15, 0.2) is 11.6 Å². The second-order valence-corrected chi connectivity index (χ2v) is 5.23. The summed E-state index contributed by atoms with van der Waals surface area (Å²) in [5.41, 5.74) is -0.306.